The average Bonchev–Trinajstić information content (AvgIpc) is 2.87. The first kappa shape index (κ1) is 16.3. The molecule has 0 aliphatic heterocycles. The summed E-state index contributed by atoms with van der Waals surface area (Å²) in [6, 6.07) is 8.98. The first-order chi connectivity index (χ1) is 11.1. The molecule has 3 aromatic rings. The number of halogens is 3. The summed E-state index contributed by atoms with van der Waals surface area (Å²) in [7, 11) is 0. The zero-order valence-electron chi connectivity index (χ0n) is 12.0. The molecule has 0 radical (unpaired) electrons. The number of aromatic nitrogens is 3. The van der Waals surface area contributed by atoms with Gasteiger partial charge in [-0.2, -0.15) is 0 Å². The Bertz CT molecular complexity index is 798. The summed E-state index contributed by atoms with van der Waals surface area (Å²) in [5.41, 5.74) is 2.39. The highest BCUT2D eigenvalue weighted by atomic mass is 35.5. The molecular formula is C15H14Cl3N5. The molecule has 1 aromatic carbocycles. The smallest absolute Gasteiger partial charge is 0.179 e. The minimum atomic E-state index is 0.438. The van der Waals surface area contributed by atoms with E-state index in [4.69, 9.17) is 34.8 Å². The van der Waals surface area contributed by atoms with E-state index in [0.717, 1.165) is 30.1 Å². The molecule has 0 bridgehead atoms. The van der Waals surface area contributed by atoms with Crippen LogP contribution in [0.4, 0.5) is 5.69 Å². The van der Waals surface area contributed by atoms with Crippen LogP contribution in [0.15, 0.2) is 30.3 Å². The van der Waals surface area contributed by atoms with Crippen LogP contribution in [0.2, 0.25) is 15.2 Å². The minimum Gasteiger partial charge on any atom is -0.384 e. The van der Waals surface area contributed by atoms with E-state index in [9.17, 15) is 0 Å². The molecule has 0 fully saturated rings. The number of aromatic amines is 1. The summed E-state index contributed by atoms with van der Waals surface area (Å²) in [6.07, 6.45) is 0. The highest BCUT2D eigenvalue weighted by Crippen LogP contribution is 2.22. The Morgan fingerprint density at radius 3 is 2.52 bits per heavy atom. The van der Waals surface area contributed by atoms with Gasteiger partial charge < -0.3 is 15.6 Å². The molecule has 0 spiro atoms. The van der Waals surface area contributed by atoms with Crippen molar-refractivity contribution in [2.75, 3.05) is 18.4 Å². The van der Waals surface area contributed by atoms with Crippen LogP contribution in [-0.2, 0) is 6.54 Å². The minimum absolute atomic E-state index is 0.438. The van der Waals surface area contributed by atoms with E-state index >= 15 is 0 Å². The van der Waals surface area contributed by atoms with Crippen LogP contribution in [0.25, 0.3) is 11.2 Å². The Labute approximate surface area is 148 Å². The van der Waals surface area contributed by atoms with Crippen LogP contribution in [0.5, 0.6) is 0 Å². The largest absolute Gasteiger partial charge is 0.384 e. The standard InChI is InChI=1S/C15H14Cl3N5/c16-9-5-10(17)7-11(6-9)20-4-3-19-8-14-21-12-1-2-13(18)22-15(12)23-14/h1-2,5-7,19-20H,3-4,8H2,(H,21,22,23). The van der Waals surface area contributed by atoms with Crippen LogP contribution in [0, 0.1) is 0 Å². The number of hydrogen-bond acceptors (Lipinski definition) is 4. The number of nitrogens with zero attached hydrogens (tertiary/aromatic N) is 2. The number of hydrogen-bond donors (Lipinski definition) is 3. The lowest BCUT2D eigenvalue weighted by Gasteiger charge is -2.08. The fourth-order valence-corrected chi connectivity index (χ4v) is 2.83. The van der Waals surface area contributed by atoms with Gasteiger partial charge >= 0.3 is 0 Å². The van der Waals surface area contributed by atoms with Crippen molar-refractivity contribution in [2.45, 2.75) is 6.54 Å². The Balaban J connectivity index is 1.47. The topological polar surface area (TPSA) is 65.6 Å². The molecule has 23 heavy (non-hydrogen) atoms. The van der Waals surface area contributed by atoms with Crippen molar-refractivity contribution >= 4 is 51.7 Å². The molecule has 3 rings (SSSR count). The molecule has 0 saturated heterocycles. The zero-order valence-corrected chi connectivity index (χ0v) is 14.3. The number of anilines is 1. The van der Waals surface area contributed by atoms with Gasteiger partial charge in [-0.1, -0.05) is 34.8 Å². The summed E-state index contributed by atoms with van der Waals surface area (Å²) in [4.78, 5) is 11.7. The van der Waals surface area contributed by atoms with Gasteiger partial charge in [-0.15, -0.1) is 0 Å². The van der Waals surface area contributed by atoms with E-state index in [2.05, 4.69) is 25.6 Å². The van der Waals surface area contributed by atoms with E-state index in [1.165, 1.54) is 0 Å². The molecule has 5 nitrogen and oxygen atoms in total. The fourth-order valence-electron chi connectivity index (χ4n) is 2.16. The second-order valence-corrected chi connectivity index (χ2v) is 6.21. The van der Waals surface area contributed by atoms with Gasteiger partial charge in [-0.25, -0.2) is 9.97 Å². The van der Waals surface area contributed by atoms with E-state index in [0.29, 0.717) is 27.4 Å². The van der Waals surface area contributed by atoms with Gasteiger partial charge in [0, 0.05) is 28.8 Å². The Morgan fingerprint density at radius 2 is 1.74 bits per heavy atom. The quantitative estimate of drug-likeness (QED) is 0.451. The Kier molecular flexibility index (Phi) is 5.23. The number of H-pyrrole nitrogens is 1. The second kappa shape index (κ2) is 7.36. The van der Waals surface area contributed by atoms with Gasteiger partial charge in [0.05, 0.1) is 12.1 Å². The van der Waals surface area contributed by atoms with Crippen LogP contribution in [-0.4, -0.2) is 28.0 Å². The molecule has 0 aliphatic rings. The van der Waals surface area contributed by atoms with E-state index in [-0.39, 0.29) is 0 Å². The van der Waals surface area contributed by atoms with E-state index in [1.807, 2.05) is 18.2 Å². The second-order valence-electron chi connectivity index (χ2n) is 4.95. The molecule has 3 N–H and O–H groups in total. The van der Waals surface area contributed by atoms with Crippen molar-refractivity contribution in [3.8, 4) is 0 Å². The molecule has 0 unspecified atom stereocenters. The average molecular weight is 371 g/mol. The molecule has 2 heterocycles. The summed E-state index contributed by atoms with van der Waals surface area (Å²) in [6.45, 7) is 2.11. The lowest BCUT2D eigenvalue weighted by atomic mass is 10.3. The lowest BCUT2D eigenvalue weighted by Crippen LogP contribution is -2.22. The maximum absolute atomic E-state index is 5.95. The predicted octanol–water partition coefficient (Wildman–Crippen LogP) is 4.12. The molecular weight excluding hydrogens is 357 g/mol. The van der Waals surface area contributed by atoms with Crippen molar-refractivity contribution in [1.29, 1.82) is 0 Å². The van der Waals surface area contributed by atoms with Gasteiger partial charge in [0.25, 0.3) is 0 Å². The van der Waals surface area contributed by atoms with Crippen LogP contribution >= 0.6 is 34.8 Å². The van der Waals surface area contributed by atoms with Gasteiger partial charge in [0.15, 0.2) is 5.65 Å². The third-order valence-corrected chi connectivity index (χ3v) is 3.79. The SMILES string of the molecule is Clc1cc(Cl)cc(NCCNCc2nc3nc(Cl)ccc3[nH]2)c1. The van der Waals surface area contributed by atoms with Crippen LogP contribution < -0.4 is 10.6 Å². The maximum Gasteiger partial charge on any atom is 0.179 e. The third-order valence-electron chi connectivity index (χ3n) is 3.15. The first-order valence-electron chi connectivity index (χ1n) is 7.02. The van der Waals surface area contributed by atoms with E-state index in [1.54, 1.807) is 12.1 Å². The number of imidazole rings is 1. The summed E-state index contributed by atoms with van der Waals surface area (Å²) in [5.74, 6) is 0.820. The zero-order chi connectivity index (χ0) is 16.2. The van der Waals surface area contributed by atoms with Gasteiger partial charge in [-0.05, 0) is 30.3 Å². The molecule has 0 amide bonds. The van der Waals surface area contributed by atoms with Crippen LogP contribution in [0.3, 0.4) is 0 Å². The number of rotatable bonds is 6. The van der Waals surface area contributed by atoms with Crippen molar-refractivity contribution in [2.24, 2.45) is 0 Å². The normalized spacial score (nSPS) is 11.1. The predicted molar refractivity (Wildman–Crippen MR) is 95.6 cm³/mol. The lowest BCUT2D eigenvalue weighted by molar-refractivity contribution is 0.683. The molecule has 0 atom stereocenters. The monoisotopic (exact) mass is 369 g/mol. The summed E-state index contributed by atoms with van der Waals surface area (Å²) < 4.78 is 0. The molecule has 0 aliphatic carbocycles. The van der Waals surface area contributed by atoms with Crippen LogP contribution in [0.1, 0.15) is 5.82 Å². The number of fused-ring (bicyclic) bond motifs is 1. The fraction of sp³-hybridized carbons (Fsp3) is 0.200. The molecule has 8 heteroatoms. The van der Waals surface area contributed by atoms with Gasteiger partial charge in [-0.3, -0.25) is 0 Å². The van der Waals surface area contributed by atoms with Crippen molar-refractivity contribution in [1.82, 2.24) is 20.3 Å². The maximum atomic E-state index is 5.95. The molecule has 2 aromatic heterocycles. The summed E-state index contributed by atoms with van der Waals surface area (Å²) >= 11 is 17.8. The third kappa shape index (κ3) is 4.48. The number of benzene rings is 1. The molecule has 120 valence electrons. The highest BCUT2D eigenvalue weighted by Gasteiger charge is 2.04. The number of nitrogens with one attached hydrogen (secondary N) is 3. The Hall–Kier alpha value is -1.53. The van der Waals surface area contributed by atoms with Gasteiger partial charge in [0.2, 0.25) is 0 Å². The first-order valence-corrected chi connectivity index (χ1v) is 8.15. The van der Waals surface area contributed by atoms with Crippen molar-refractivity contribution in [3.63, 3.8) is 0 Å². The van der Waals surface area contributed by atoms with E-state index < -0.39 is 0 Å². The highest BCUT2D eigenvalue weighted by molar-refractivity contribution is 6.35. The molecule has 0 saturated carbocycles. The van der Waals surface area contributed by atoms with Crippen molar-refractivity contribution < 1.29 is 0 Å². The number of pyridine rings is 1. The van der Waals surface area contributed by atoms with Crippen molar-refractivity contribution in [3.05, 3.63) is 51.4 Å². The Morgan fingerprint density at radius 1 is 0.957 bits per heavy atom. The van der Waals surface area contributed by atoms with Gasteiger partial charge in [0.1, 0.15) is 11.0 Å². The summed E-state index contributed by atoms with van der Waals surface area (Å²) in [5, 5.41) is 8.21.